The Hall–Kier alpha value is -3.74. The van der Waals surface area contributed by atoms with Crippen molar-refractivity contribution in [1.29, 1.82) is 0 Å². The standard InChI is InChI=1S/C23H24N2O5/c1-27-20-11-10-19(21(28-2)22(20)29-3)23(26)25-14-16-6-8-18(9-7-16)30-15-17-5-4-12-24-13-17/h4-13H,14-15H2,1-3H3,(H,25,26). The van der Waals surface area contributed by atoms with E-state index in [9.17, 15) is 4.79 Å². The summed E-state index contributed by atoms with van der Waals surface area (Å²) in [5.74, 6) is 1.67. The molecular weight excluding hydrogens is 384 g/mol. The molecule has 7 heteroatoms. The summed E-state index contributed by atoms with van der Waals surface area (Å²) in [4.78, 5) is 16.7. The Kier molecular flexibility index (Phi) is 7.10. The number of amides is 1. The fraction of sp³-hybridized carbons (Fsp3) is 0.217. The molecule has 0 spiro atoms. The van der Waals surface area contributed by atoms with E-state index in [4.69, 9.17) is 18.9 Å². The first-order valence-corrected chi connectivity index (χ1v) is 9.34. The van der Waals surface area contributed by atoms with Gasteiger partial charge in [0.05, 0.1) is 26.9 Å². The summed E-state index contributed by atoms with van der Waals surface area (Å²) in [6, 6.07) is 14.7. The number of carbonyl (C=O) groups excluding carboxylic acids is 1. The van der Waals surface area contributed by atoms with Crippen molar-refractivity contribution in [2.75, 3.05) is 21.3 Å². The van der Waals surface area contributed by atoms with Gasteiger partial charge in [-0.25, -0.2) is 0 Å². The lowest BCUT2D eigenvalue weighted by atomic mass is 10.1. The fourth-order valence-corrected chi connectivity index (χ4v) is 2.91. The molecule has 1 heterocycles. The van der Waals surface area contributed by atoms with Gasteiger partial charge in [-0.3, -0.25) is 9.78 Å². The van der Waals surface area contributed by atoms with E-state index in [0.717, 1.165) is 16.9 Å². The van der Waals surface area contributed by atoms with Crippen LogP contribution in [0, 0.1) is 0 Å². The van der Waals surface area contributed by atoms with Crippen LogP contribution in [0.1, 0.15) is 21.5 Å². The van der Waals surface area contributed by atoms with Gasteiger partial charge in [0.1, 0.15) is 12.4 Å². The molecule has 3 rings (SSSR count). The Labute approximate surface area is 175 Å². The Morgan fingerprint density at radius 3 is 2.30 bits per heavy atom. The predicted molar refractivity (Wildman–Crippen MR) is 112 cm³/mol. The van der Waals surface area contributed by atoms with Gasteiger partial charge in [-0.1, -0.05) is 18.2 Å². The first kappa shape index (κ1) is 21.0. The maximum Gasteiger partial charge on any atom is 0.255 e. The number of methoxy groups -OCH3 is 3. The van der Waals surface area contributed by atoms with Crippen LogP contribution in [0.5, 0.6) is 23.0 Å². The van der Waals surface area contributed by atoms with Gasteiger partial charge in [0.2, 0.25) is 5.75 Å². The molecule has 7 nitrogen and oxygen atoms in total. The third kappa shape index (κ3) is 5.00. The van der Waals surface area contributed by atoms with Crippen LogP contribution in [0.3, 0.4) is 0 Å². The Bertz CT molecular complexity index is 975. The first-order chi connectivity index (χ1) is 14.7. The zero-order valence-electron chi connectivity index (χ0n) is 17.2. The maximum absolute atomic E-state index is 12.7. The van der Waals surface area contributed by atoms with Gasteiger partial charge in [0.15, 0.2) is 11.5 Å². The minimum absolute atomic E-state index is 0.273. The van der Waals surface area contributed by atoms with Crippen LogP contribution in [-0.2, 0) is 13.2 Å². The number of rotatable bonds is 9. The number of carbonyl (C=O) groups is 1. The third-order valence-electron chi connectivity index (χ3n) is 4.45. The highest BCUT2D eigenvalue weighted by atomic mass is 16.5. The van der Waals surface area contributed by atoms with Crippen LogP contribution >= 0.6 is 0 Å². The molecule has 0 saturated heterocycles. The number of pyridine rings is 1. The number of ether oxygens (including phenoxy) is 4. The van der Waals surface area contributed by atoms with E-state index in [2.05, 4.69) is 10.3 Å². The van der Waals surface area contributed by atoms with Gasteiger partial charge in [0, 0.05) is 24.5 Å². The van der Waals surface area contributed by atoms with Gasteiger partial charge in [0.25, 0.3) is 5.91 Å². The normalized spacial score (nSPS) is 10.2. The van der Waals surface area contributed by atoms with E-state index in [1.807, 2.05) is 36.4 Å². The summed E-state index contributed by atoms with van der Waals surface area (Å²) < 4.78 is 21.7. The zero-order chi connectivity index (χ0) is 21.3. The third-order valence-corrected chi connectivity index (χ3v) is 4.45. The van der Waals surface area contributed by atoms with E-state index < -0.39 is 0 Å². The highest BCUT2D eigenvalue weighted by molar-refractivity contribution is 5.98. The van der Waals surface area contributed by atoms with Gasteiger partial charge in [-0.2, -0.15) is 0 Å². The van der Waals surface area contributed by atoms with Gasteiger partial charge < -0.3 is 24.3 Å². The van der Waals surface area contributed by atoms with Crippen molar-refractivity contribution < 1.29 is 23.7 Å². The van der Waals surface area contributed by atoms with E-state index in [1.54, 1.807) is 24.5 Å². The van der Waals surface area contributed by atoms with Gasteiger partial charge in [-0.15, -0.1) is 0 Å². The molecule has 156 valence electrons. The monoisotopic (exact) mass is 408 g/mol. The van der Waals surface area contributed by atoms with Gasteiger partial charge in [-0.05, 0) is 35.9 Å². The topological polar surface area (TPSA) is 78.9 Å². The molecule has 2 aromatic carbocycles. The summed E-state index contributed by atoms with van der Waals surface area (Å²) in [5.41, 5.74) is 2.31. The molecule has 0 radical (unpaired) electrons. The van der Waals surface area contributed by atoms with E-state index >= 15 is 0 Å². The average Bonchev–Trinajstić information content (AvgIpc) is 2.81. The minimum atomic E-state index is -0.273. The van der Waals surface area contributed by atoms with E-state index in [1.165, 1.54) is 21.3 Å². The second-order valence-electron chi connectivity index (χ2n) is 6.36. The minimum Gasteiger partial charge on any atom is -0.493 e. The molecule has 1 aromatic heterocycles. The number of nitrogens with one attached hydrogen (secondary N) is 1. The summed E-state index contributed by atoms with van der Waals surface area (Å²) in [6.45, 7) is 0.808. The summed E-state index contributed by atoms with van der Waals surface area (Å²) in [6.07, 6.45) is 3.50. The predicted octanol–water partition coefficient (Wildman–Crippen LogP) is 3.62. The van der Waals surface area contributed by atoms with Crippen molar-refractivity contribution in [3.8, 4) is 23.0 Å². The summed E-state index contributed by atoms with van der Waals surface area (Å²) >= 11 is 0. The number of aromatic nitrogens is 1. The summed E-state index contributed by atoms with van der Waals surface area (Å²) in [5, 5.41) is 2.89. The first-order valence-electron chi connectivity index (χ1n) is 9.34. The van der Waals surface area contributed by atoms with E-state index in [0.29, 0.717) is 36.0 Å². The molecule has 0 atom stereocenters. The second kappa shape index (κ2) is 10.2. The second-order valence-corrected chi connectivity index (χ2v) is 6.36. The molecule has 0 bridgehead atoms. The van der Waals surface area contributed by atoms with Crippen molar-refractivity contribution in [2.45, 2.75) is 13.2 Å². The number of benzene rings is 2. The smallest absolute Gasteiger partial charge is 0.255 e. The fourth-order valence-electron chi connectivity index (χ4n) is 2.91. The lowest BCUT2D eigenvalue weighted by molar-refractivity contribution is 0.0947. The van der Waals surface area contributed by atoms with Crippen LogP contribution in [-0.4, -0.2) is 32.2 Å². The number of nitrogens with zero attached hydrogens (tertiary/aromatic N) is 1. The van der Waals surface area contributed by atoms with Crippen LogP contribution in [0.25, 0.3) is 0 Å². The SMILES string of the molecule is COc1ccc(C(=O)NCc2ccc(OCc3cccnc3)cc2)c(OC)c1OC. The Balaban J connectivity index is 1.61. The van der Waals surface area contributed by atoms with Crippen LogP contribution < -0.4 is 24.3 Å². The number of hydrogen-bond acceptors (Lipinski definition) is 6. The van der Waals surface area contributed by atoms with Crippen LogP contribution in [0.2, 0.25) is 0 Å². The zero-order valence-corrected chi connectivity index (χ0v) is 17.2. The highest BCUT2D eigenvalue weighted by Gasteiger charge is 2.20. The molecular formula is C23H24N2O5. The Morgan fingerprint density at radius 2 is 1.67 bits per heavy atom. The molecule has 3 aromatic rings. The molecule has 0 unspecified atom stereocenters. The average molecular weight is 408 g/mol. The largest absolute Gasteiger partial charge is 0.493 e. The molecule has 1 N–H and O–H groups in total. The maximum atomic E-state index is 12.7. The van der Waals surface area contributed by atoms with Crippen molar-refractivity contribution >= 4 is 5.91 Å². The molecule has 30 heavy (non-hydrogen) atoms. The molecule has 0 aliphatic heterocycles. The van der Waals surface area contributed by atoms with E-state index in [-0.39, 0.29) is 5.91 Å². The van der Waals surface area contributed by atoms with Crippen molar-refractivity contribution in [1.82, 2.24) is 10.3 Å². The Morgan fingerprint density at radius 1 is 0.900 bits per heavy atom. The lowest BCUT2D eigenvalue weighted by Crippen LogP contribution is -2.23. The van der Waals surface area contributed by atoms with Gasteiger partial charge >= 0.3 is 0 Å². The summed E-state index contributed by atoms with van der Waals surface area (Å²) in [7, 11) is 4.51. The molecule has 0 aliphatic carbocycles. The molecule has 0 fully saturated rings. The molecule has 0 aliphatic rings. The van der Waals surface area contributed by atoms with Crippen molar-refractivity contribution in [3.63, 3.8) is 0 Å². The van der Waals surface area contributed by atoms with Crippen LogP contribution in [0.15, 0.2) is 60.9 Å². The quantitative estimate of drug-likeness (QED) is 0.583. The number of hydrogen-bond donors (Lipinski definition) is 1. The molecule has 0 saturated carbocycles. The van der Waals surface area contributed by atoms with Crippen molar-refractivity contribution in [3.05, 3.63) is 77.6 Å². The highest BCUT2D eigenvalue weighted by Crippen LogP contribution is 2.39. The lowest BCUT2D eigenvalue weighted by Gasteiger charge is -2.15. The van der Waals surface area contributed by atoms with Crippen LogP contribution in [0.4, 0.5) is 0 Å². The van der Waals surface area contributed by atoms with Crippen molar-refractivity contribution in [2.24, 2.45) is 0 Å². The molecule has 1 amide bonds.